The lowest BCUT2D eigenvalue weighted by molar-refractivity contribution is 0.179. The van der Waals surface area contributed by atoms with Crippen LogP contribution in [0, 0.1) is 0 Å². The number of aliphatic hydroxyl groups excluding tert-OH is 1. The standard InChI is InChI=1S/C11H20N4O/c1-4-12-10-6-11(14-7-13-10)15-8(2)5-9(3)16/h6-9,16H,4-5H2,1-3H3,(H2,12,13,14,15). The number of nitrogens with one attached hydrogen (secondary N) is 2. The molecule has 0 aliphatic rings. The molecule has 16 heavy (non-hydrogen) atoms. The van der Waals surface area contributed by atoms with Gasteiger partial charge in [-0.1, -0.05) is 0 Å². The van der Waals surface area contributed by atoms with Gasteiger partial charge in [-0.05, 0) is 27.2 Å². The van der Waals surface area contributed by atoms with Gasteiger partial charge >= 0.3 is 0 Å². The summed E-state index contributed by atoms with van der Waals surface area (Å²) < 4.78 is 0. The molecule has 0 aliphatic carbocycles. The van der Waals surface area contributed by atoms with Crippen LogP contribution in [0.25, 0.3) is 0 Å². The van der Waals surface area contributed by atoms with E-state index in [1.54, 1.807) is 6.92 Å². The van der Waals surface area contributed by atoms with Crippen molar-refractivity contribution in [2.24, 2.45) is 0 Å². The second-order valence-electron chi connectivity index (χ2n) is 3.95. The summed E-state index contributed by atoms with van der Waals surface area (Å²) in [7, 11) is 0. The first-order valence-corrected chi connectivity index (χ1v) is 5.62. The Morgan fingerprint density at radius 2 is 2.00 bits per heavy atom. The van der Waals surface area contributed by atoms with Gasteiger partial charge < -0.3 is 15.7 Å². The molecule has 5 heteroatoms. The molecule has 0 radical (unpaired) electrons. The summed E-state index contributed by atoms with van der Waals surface area (Å²) in [6.07, 6.45) is 1.91. The Balaban J connectivity index is 2.55. The molecule has 0 amide bonds. The minimum Gasteiger partial charge on any atom is -0.393 e. The molecule has 5 nitrogen and oxygen atoms in total. The van der Waals surface area contributed by atoms with Crippen LogP contribution in [0.1, 0.15) is 27.2 Å². The molecule has 0 spiro atoms. The molecule has 0 aromatic carbocycles. The molecule has 1 aromatic heterocycles. The quantitative estimate of drug-likeness (QED) is 0.682. The van der Waals surface area contributed by atoms with Gasteiger partial charge in [-0.15, -0.1) is 0 Å². The maximum Gasteiger partial charge on any atom is 0.131 e. The summed E-state index contributed by atoms with van der Waals surface area (Å²) in [6.45, 7) is 6.65. The maximum absolute atomic E-state index is 9.25. The van der Waals surface area contributed by atoms with Gasteiger partial charge in [-0.2, -0.15) is 0 Å². The van der Waals surface area contributed by atoms with Gasteiger partial charge in [-0.3, -0.25) is 0 Å². The third kappa shape index (κ3) is 4.44. The van der Waals surface area contributed by atoms with Crippen LogP contribution in [0.4, 0.5) is 11.6 Å². The highest BCUT2D eigenvalue weighted by Gasteiger charge is 2.06. The first kappa shape index (κ1) is 12.7. The molecule has 1 aromatic rings. The number of rotatable bonds is 6. The fourth-order valence-electron chi connectivity index (χ4n) is 1.54. The average Bonchev–Trinajstić information content (AvgIpc) is 2.17. The van der Waals surface area contributed by atoms with E-state index in [1.165, 1.54) is 6.33 Å². The summed E-state index contributed by atoms with van der Waals surface area (Å²) in [6, 6.07) is 2.05. The molecule has 0 aliphatic heterocycles. The smallest absolute Gasteiger partial charge is 0.131 e. The van der Waals surface area contributed by atoms with Crippen LogP contribution in [0.15, 0.2) is 12.4 Å². The fourth-order valence-corrected chi connectivity index (χ4v) is 1.54. The van der Waals surface area contributed by atoms with Crippen LogP contribution in [-0.4, -0.2) is 33.8 Å². The normalized spacial score (nSPS) is 14.2. The van der Waals surface area contributed by atoms with E-state index >= 15 is 0 Å². The van der Waals surface area contributed by atoms with Crippen molar-refractivity contribution in [1.82, 2.24) is 9.97 Å². The molecule has 0 fully saturated rings. The second kappa shape index (κ2) is 6.27. The van der Waals surface area contributed by atoms with E-state index in [2.05, 4.69) is 20.6 Å². The third-order valence-corrected chi connectivity index (χ3v) is 2.11. The number of aliphatic hydroxyl groups is 1. The zero-order valence-corrected chi connectivity index (χ0v) is 10.1. The molecule has 1 heterocycles. The number of hydrogen-bond donors (Lipinski definition) is 3. The van der Waals surface area contributed by atoms with Crippen molar-refractivity contribution in [3.05, 3.63) is 12.4 Å². The van der Waals surface area contributed by atoms with Crippen molar-refractivity contribution < 1.29 is 5.11 Å². The predicted octanol–water partition coefficient (Wildman–Crippen LogP) is 1.48. The first-order chi connectivity index (χ1) is 7.61. The van der Waals surface area contributed by atoms with E-state index in [9.17, 15) is 5.11 Å². The molecule has 0 saturated carbocycles. The highest BCUT2D eigenvalue weighted by Crippen LogP contribution is 2.11. The zero-order chi connectivity index (χ0) is 12.0. The molecule has 2 unspecified atom stereocenters. The van der Waals surface area contributed by atoms with E-state index in [1.807, 2.05) is 19.9 Å². The highest BCUT2D eigenvalue weighted by molar-refractivity contribution is 5.46. The Kier molecular flexibility index (Phi) is 4.98. The van der Waals surface area contributed by atoms with Gasteiger partial charge in [0.15, 0.2) is 0 Å². The SMILES string of the molecule is CCNc1cc(NC(C)CC(C)O)ncn1. The van der Waals surface area contributed by atoms with Crippen LogP contribution in [0.5, 0.6) is 0 Å². The van der Waals surface area contributed by atoms with E-state index in [-0.39, 0.29) is 12.1 Å². The summed E-state index contributed by atoms with van der Waals surface area (Å²) >= 11 is 0. The molecule has 90 valence electrons. The largest absolute Gasteiger partial charge is 0.393 e. The Bertz CT molecular complexity index is 317. The molecule has 3 N–H and O–H groups in total. The Morgan fingerprint density at radius 3 is 2.62 bits per heavy atom. The topological polar surface area (TPSA) is 70.1 Å². The molecular formula is C11H20N4O. The zero-order valence-electron chi connectivity index (χ0n) is 10.1. The van der Waals surface area contributed by atoms with Crippen LogP contribution in [-0.2, 0) is 0 Å². The monoisotopic (exact) mass is 224 g/mol. The lowest BCUT2D eigenvalue weighted by atomic mass is 10.1. The van der Waals surface area contributed by atoms with E-state index in [0.29, 0.717) is 6.42 Å². The van der Waals surface area contributed by atoms with Crippen molar-refractivity contribution in [2.45, 2.75) is 39.3 Å². The number of nitrogens with zero attached hydrogens (tertiary/aromatic N) is 2. The van der Waals surface area contributed by atoms with Crippen molar-refractivity contribution >= 4 is 11.6 Å². The molecule has 2 atom stereocenters. The number of anilines is 2. The minimum atomic E-state index is -0.308. The van der Waals surface area contributed by atoms with Crippen LogP contribution in [0.3, 0.4) is 0 Å². The van der Waals surface area contributed by atoms with Crippen molar-refractivity contribution in [2.75, 3.05) is 17.2 Å². The molecule has 1 rings (SSSR count). The van der Waals surface area contributed by atoms with Crippen molar-refractivity contribution in [3.63, 3.8) is 0 Å². The van der Waals surface area contributed by atoms with Gasteiger partial charge in [0, 0.05) is 18.7 Å². The number of hydrogen-bond acceptors (Lipinski definition) is 5. The third-order valence-electron chi connectivity index (χ3n) is 2.11. The number of aromatic nitrogens is 2. The van der Waals surface area contributed by atoms with Gasteiger partial charge in [0.05, 0.1) is 6.10 Å². The van der Waals surface area contributed by atoms with E-state index in [0.717, 1.165) is 18.2 Å². The molecular weight excluding hydrogens is 204 g/mol. The van der Waals surface area contributed by atoms with Gasteiger partial charge in [0.25, 0.3) is 0 Å². The van der Waals surface area contributed by atoms with E-state index in [4.69, 9.17) is 0 Å². The van der Waals surface area contributed by atoms with Crippen molar-refractivity contribution in [3.8, 4) is 0 Å². The summed E-state index contributed by atoms with van der Waals surface area (Å²) in [5.74, 6) is 1.59. The molecule has 0 saturated heterocycles. The highest BCUT2D eigenvalue weighted by atomic mass is 16.3. The van der Waals surface area contributed by atoms with Crippen LogP contribution >= 0.6 is 0 Å². The van der Waals surface area contributed by atoms with Gasteiger partial charge in [-0.25, -0.2) is 9.97 Å². The van der Waals surface area contributed by atoms with Gasteiger partial charge in [0.2, 0.25) is 0 Å². The van der Waals surface area contributed by atoms with Crippen LogP contribution in [0.2, 0.25) is 0 Å². The maximum atomic E-state index is 9.25. The lowest BCUT2D eigenvalue weighted by Gasteiger charge is -2.16. The minimum absolute atomic E-state index is 0.185. The average molecular weight is 224 g/mol. The van der Waals surface area contributed by atoms with E-state index < -0.39 is 0 Å². The summed E-state index contributed by atoms with van der Waals surface area (Å²) in [5, 5.41) is 15.6. The Hall–Kier alpha value is -1.36. The lowest BCUT2D eigenvalue weighted by Crippen LogP contribution is -2.21. The Labute approximate surface area is 96.3 Å². The fraction of sp³-hybridized carbons (Fsp3) is 0.636. The van der Waals surface area contributed by atoms with Crippen LogP contribution < -0.4 is 10.6 Å². The Morgan fingerprint density at radius 1 is 1.31 bits per heavy atom. The van der Waals surface area contributed by atoms with Gasteiger partial charge in [0.1, 0.15) is 18.0 Å². The predicted molar refractivity (Wildman–Crippen MR) is 65.6 cm³/mol. The second-order valence-corrected chi connectivity index (χ2v) is 3.95. The van der Waals surface area contributed by atoms with Crippen molar-refractivity contribution in [1.29, 1.82) is 0 Å². The summed E-state index contributed by atoms with van der Waals surface area (Å²) in [5.41, 5.74) is 0. The first-order valence-electron chi connectivity index (χ1n) is 5.62. The molecule has 0 bridgehead atoms. The summed E-state index contributed by atoms with van der Waals surface area (Å²) in [4.78, 5) is 8.21.